The van der Waals surface area contributed by atoms with Gasteiger partial charge >= 0.3 is 12.3 Å². The Labute approximate surface area is 84.0 Å². The molecule has 0 radical (unpaired) electrons. The molecule has 0 aliphatic heterocycles. The summed E-state index contributed by atoms with van der Waals surface area (Å²) in [4.78, 5) is 20.9. The van der Waals surface area contributed by atoms with Crippen LogP contribution in [0.25, 0.3) is 0 Å². The Balaban J connectivity index is 3.46. The molecule has 15 heavy (non-hydrogen) atoms. The highest BCUT2D eigenvalue weighted by molar-refractivity contribution is 5.73. The van der Waals surface area contributed by atoms with E-state index in [9.17, 15) is 22.8 Å². The third kappa shape index (κ3) is 10.5. The number of carbonyl (C=O) groups excluding carboxylic acids is 2. The standard InChI is InChI=1S/C7H11F3N2O3/c1-5(13)11-2-3-12-6(14)15-4-7(8,9)10/h2-4H2,1H3,(H,11,13)(H,12,14). The second-order valence-electron chi connectivity index (χ2n) is 2.60. The zero-order valence-electron chi connectivity index (χ0n) is 7.98. The number of rotatable bonds is 4. The van der Waals surface area contributed by atoms with Crippen LogP contribution in [-0.4, -0.2) is 37.9 Å². The van der Waals surface area contributed by atoms with Gasteiger partial charge in [0, 0.05) is 20.0 Å². The molecule has 5 nitrogen and oxygen atoms in total. The lowest BCUT2D eigenvalue weighted by molar-refractivity contribution is -0.160. The molecule has 0 aliphatic rings. The van der Waals surface area contributed by atoms with Gasteiger partial charge in [-0.25, -0.2) is 4.79 Å². The molecule has 0 spiro atoms. The van der Waals surface area contributed by atoms with Crippen LogP contribution in [0.2, 0.25) is 0 Å². The van der Waals surface area contributed by atoms with Gasteiger partial charge in [0.25, 0.3) is 0 Å². The average molecular weight is 228 g/mol. The third-order valence-electron chi connectivity index (χ3n) is 1.14. The van der Waals surface area contributed by atoms with Crippen LogP contribution in [0.4, 0.5) is 18.0 Å². The van der Waals surface area contributed by atoms with E-state index in [2.05, 4.69) is 10.1 Å². The highest BCUT2D eigenvalue weighted by Gasteiger charge is 2.29. The quantitative estimate of drug-likeness (QED) is 0.685. The largest absolute Gasteiger partial charge is 0.440 e. The van der Waals surface area contributed by atoms with Crippen LogP contribution in [0.1, 0.15) is 6.92 Å². The molecule has 0 aromatic heterocycles. The lowest BCUT2D eigenvalue weighted by Crippen LogP contribution is -2.35. The van der Waals surface area contributed by atoms with Crippen LogP contribution in [0.5, 0.6) is 0 Å². The van der Waals surface area contributed by atoms with Gasteiger partial charge in [0.1, 0.15) is 0 Å². The van der Waals surface area contributed by atoms with E-state index in [1.54, 1.807) is 0 Å². The predicted molar refractivity (Wildman–Crippen MR) is 44.1 cm³/mol. The maximum Gasteiger partial charge on any atom is 0.422 e. The lowest BCUT2D eigenvalue weighted by atomic mass is 10.6. The molecule has 0 aliphatic carbocycles. The minimum Gasteiger partial charge on any atom is -0.440 e. The van der Waals surface area contributed by atoms with Crippen LogP contribution in [0.15, 0.2) is 0 Å². The molecule has 0 aromatic rings. The Morgan fingerprint density at radius 3 is 2.20 bits per heavy atom. The summed E-state index contributed by atoms with van der Waals surface area (Å²) in [5.74, 6) is -0.291. The monoisotopic (exact) mass is 228 g/mol. The molecule has 0 unspecified atom stereocenters. The summed E-state index contributed by atoms with van der Waals surface area (Å²) < 4.78 is 38.5. The van der Waals surface area contributed by atoms with Crippen molar-refractivity contribution < 1.29 is 27.5 Å². The first-order chi connectivity index (χ1) is 6.81. The fraction of sp³-hybridized carbons (Fsp3) is 0.714. The molecule has 0 aromatic carbocycles. The van der Waals surface area contributed by atoms with Gasteiger partial charge in [-0.15, -0.1) is 0 Å². The van der Waals surface area contributed by atoms with Gasteiger partial charge in [-0.05, 0) is 0 Å². The summed E-state index contributed by atoms with van der Waals surface area (Å²) in [5.41, 5.74) is 0. The number of hydrogen-bond acceptors (Lipinski definition) is 3. The molecular weight excluding hydrogens is 217 g/mol. The summed E-state index contributed by atoms with van der Waals surface area (Å²) in [6.45, 7) is -0.201. The lowest BCUT2D eigenvalue weighted by Gasteiger charge is -2.08. The first-order valence-electron chi connectivity index (χ1n) is 4.03. The second kappa shape index (κ2) is 6.10. The SMILES string of the molecule is CC(=O)NCCNC(=O)OCC(F)(F)F. The molecule has 0 saturated carbocycles. The molecule has 0 fully saturated rings. The van der Waals surface area contributed by atoms with Crippen LogP contribution >= 0.6 is 0 Å². The van der Waals surface area contributed by atoms with Gasteiger partial charge in [0.2, 0.25) is 5.91 Å². The van der Waals surface area contributed by atoms with Crippen LogP contribution in [-0.2, 0) is 9.53 Å². The van der Waals surface area contributed by atoms with E-state index < -0.39 is 18.9 Å². The van der Waals surface area contributed by atoms with E-state index >= 15 is 0 Å². The summed E-state index contributed by atoms with van der Waals surface area (Å²) in [6.07, 6.45) is -5.70. The number of alkyl halides is 3. The average Bonchev–Trinajstić information content (AvgIpc) is 2.07. The van der Waals surface area contributed by atoms with Crippen molar-refractivity contribution in [3.63, 3.8) is 0 Å². The van der Waals surface area contributed by atoms with Crippen molar-refractivity contribution in [1.29, 1.82) is 0 Å². The molecule has 2 amide bonds. The number of hydrogen-bond donors (Lipinski definition) is 2. The van der Waals surface area contributed by atoms with Gasteiger partial charge in [-0.3, -0.25) is 4.79 Å². The van der Waals surface area contributed by atoms with Gasteiger partial charge in [-0.1, -0.05) is 0 Å². The van der Waals surface area contributed by atoms with E-state index in [0.717, 1.165) is 0 Å². The minimum absolute atomic E-state index is 0.0102. The summed E-state index contributed by atoms with van der Waals surface area (Å²) in [5, 5.41) is 4.38. The maximum absolute atomic E-state index is 11.5. The molecule has 0 saturated heterocycles. The summed E-state index contributed by atoms with van der Waals surface area (Å²) in [7, 11) is 0. The Kier molecular flexibility index (Phi) is 5.50. The summed E-state index contributed by atoms with van der Waals surface area (Å²) in [6, 6.07) is 0. The van der Waals surface area contributed by atoms with Gasteiger partial charge < -0.3 is 15.4 Å². The molecule has 0 rings (SSSR count). The molecule has 0 atom stereocenters. The third-order valence-corrected chi connectivity index (χ3v) is 1.14. The Morgan fingerprint density at radius 2 is 1.73 bits per heavy atom. The number of halogens is 3. The van der Waals surface area contributed by atoms with E-state index in [-0.39, 0.29) is 19.0 Å². The van der Waals surface area contributed by atoms with Crippen molar-refractivity contribution in [3.05, 3.63) is 0 Å². The number of alkyl carbamates (subject to hydrolysis) is 1. The van der Waals surface area contributed by atoms with E-state index in [4.69, 9.17) is 0 Å². The van der Waals surface area contributed by atoms with Gasteiger partial charge in [0.15, 0.2) is 6.61 Å². The Hall–Kier alpha value is -1.47. The van der Waals surface area contributed by atoms with Crippen LogP contribution in [0, 0.1) is 0 Å². The topological polar surface area (TPSA) is 67.4 Å². The van der Waals surface area contributed by atoms with Crippen LogP contribution in [0.3, 0.4) is 0 Å². The summed E-state index contributed by atoms with van der Waals surface area (Å²) >= 11 is 0. The molecule has 0 heterocycles. The van der Waals surface area contributed by atoms with Crippen molar-refractivity contribution in [2.24, 2.45) is 0 Å². The van der Waals surface area contributed by atoms with Crippen molar-refractivity contribution >= 4 is 12.0 Å². The van der Waals surface area contributed by atoms with E-state index in [1.807, 2.05) is 5.32 Å². The first-order valence-corrected chi connectivity index (χ1v) is 4.03. The maximum atomic E-state index is 11.5. The number of ether oxygens (including phenoxy) is 1. The second-order valence-corrected chi connectivity index (χ2v) is 2.60. The highest BCUT2D eigenvalue weighted by Crippen LogP contribution is 2.14. The zero-order valence-corrected chi connectivity index (χ0v) is 7.98. The molecular formula is C7H11F3N2O3. The van der Waals surface area contributed by atoms with Gasteiger partial charge in [0.05, 0.1) is 0 Å². The van der Waals surface area contributed by atoms with Crippen LogP contribution < -0.4 is 10.6 Å². The molecule has 0 bridgehead atoms. The van der Waals surface area contributed by atoms with E-state index in [0.29, 0.717) is 0 Å². The van der Waals surface area contributed by atoms with Crippen molar-refractivity contribution in [2.75, 3.05) is 19.7 Å². The van der Waals surface area contributed by atoms with Crippen molar-refractivity contribution in [2.45, 2.75) is 13.1 Å². The van der Waals surface area contributed by atoms with E-state index in [1.165, 1.54) is 6.92 Å². The normalized spacial score (nSPS) is 10.7. The molecule has 88 valence electrons. The number of carbonyl (C=O) groups is 2. The number of nitrogens with one attached hydrogen (secondary N) is 2. The number of amides is 2. The zero-order chi connectivity index (χ0) is 11.9. The molecule has 8 heteroatoms. The van der Waals surface area contributed by atoms with Crippen molar-refractivity contribution in [3.8, 4) is 0 Å². The van der Waals surface area contributed by atoms with Gasteiger partial charge in [-0.2, -0.15) is 13.2 Å². The fourth-order valence-electron chi connectivity index (χ4n) is 0.602. The Bertz CT molecular complexity index is 230. The highest BCUT2D eigenvalue weighted by atomic mass is 19.4. The van der Waals surface area contributed by atoms with Crippen molar-refractivity contribution in [1.82, 2.24) is 10.6 Å². The Morgan fingerprint density at radius 1 is 1.20 bits per heavy atom. The molecule has 2 N–H and O–H groups in total. The minimum atomic E-state index is -4.53. The predicted octanol–water partition coefficient (Wildman–Crippen LogP) is 0.411. The smallest absolute Gasteiger partial charge is 0.422 e. The fourth-order valence-corrected chi connectivity index (χ4v) is 0.602. The first kappa shape index (κ1) is 13.5.